The number of nitrogens with one attached hydrogen (secondary N) is 2. The lowest BCUT2D eigenvalue weighted by molar-refractivity contribution is -0.129. The zero-order valence-electron chi connectivity index (χ0n) is 14.3. The maximum Gasteiger partial charge on any atom is 0.219 e. The van der Waals surface area contributed by atoms with Gasteiger partial charge in [-0.25, -0.2) is 4.98 Å². The average Bonchev–Trinajstić information content (AvgIpc) is 2.47. The molecule has 0 atom stereocenters. The van der Waals surface area contributed by atoms with Crippen LogP contribution in [0.15, 0.2) is 23.3 Å². The summed E-state index contributed by atoms with van der Waals surface area (Å²) in [4.78, 5) is 22.8. The fourth-order valence-corrected chi connectivity index (χ4v) is 3.19. The number of anilines is 2. The number of pyridine rings is 1. The van der Waals surface area contributed by atoms with Gasteiger partial charge >= 0.3 is 0 Å². The number of carbonyl (C=O) groups is 1. The predicted octanol–water partition coefficient (Wildman–Crippen LogP) is 2.50. The summed E-state index contributed by atoms with van der Waals surface area (Å²) in [5, 5.41) is 7.08. The van der Waals surface area contributed by atoms with Gasteiger partial charge in [0.2, 0.25) is 5.91 Å². The van der Waals surface area contributed by atoms with E-state index in [1.165, 1.54) is 0 Å². The molecule has 23 heavy (non-hydrogen) atoms. The first-order chi connectivity index (χ1) is 10.8. The largest absolute Gasteiger partial charge is 0.370 e. The van der Waals surface area contributed by atoms with Gasteiger partial charge in [-0.05, 0) is 45.7 Å². The summed E-state index contributed by atoms with van der Waals surface area (Å²) in [6.07, 6.45) is 3.45. The van der Waals surface area contributed by atoms with E-state index in [9.17, 15) is 4.79 Å². The highest BCUT2D eigenvalue weighted by atomic mass is 16.2. The highest BCUT2D eigenvalue weighted by molar-refractivity contribution is 6.09. The zero-order valence-corrected chi connectivity index (χ0v) is 14.3. The maximum atomic E-state index is 11.6. The van der Waals surface area contributed by atoms with Gasteiger partial charge in [-0.3, -0.25) is 9.79 Å². The van der Waals surface area contributed by atoms with E-state index < -0.39 is 0 Å². The summed E-state index contributed by atoms with van der Waals surface area (Å²) in [5.74, 6) is 1.88. The number of carbonyl (C=O) groups excluding carboxylic acids is 1. The molecule has 1 spiro atoms. The quantitative estimate of drug-likeness (QED) is 0.772. The lowest BCUT2D eigenvalue weighted by Crippen LogP contribution is -2.59. The fourth-order valence-electron chi connectivity index (χ4n) is 3.19. The van der Waals surface area contributed by atoms with Gasteiger partial charge in [-0.2, -0.15) is 0 Å². The van der Waals surface area contributed by atoms with Crippen LogP contribution in [0.2, 0.25) is 0 Å². The molecule has 0 unspecified atom stereocenters. The number of aromatic nitrogens is 1. The van der Waals surface area contributed by atoms with Crippen LogP contribution in [0.1, 0.15) is 40.5 Å². The smallest absolute Gasteiger partial charge is 0.219 e. The van der Waals surface area contributed by atoms with Crippen LogP contribution in [0.5, 0.6) is 0 Å². The monoisotopic (exact) mass is 315 g/mol. The van der Waals surface area contributed by atoms with Crippen LogP contribution in [-0.2, 0) is 4.79 Å². The Morgan fingerprint density at radius 1 is 1.35 bits per heavy atom. The van der Waals surface area contributed by atoms with E-state index in [4.69, 9.17) is 4.99 Å². The molecule has 6 heteroatoms. The van der Waals surface area contributed by atoms with Gasteiger partial charge in [0.1, 0.15) is 5.84 Å². The van der Waals surface area contributed by atoms with Crippen molar-refractivity contribution < 1.29 is 4.79 Å². The number of piperidine rings is 1. The van der Waals surface area contributed by atoms with Crippen molar-refractivity contribution in [2.24, 2.45) is 4.99 Å². The Balaban J connectivity index is 1.96. The molecule has 1 saturated heterocycles. The Morgan fingerprint density at radius 3 is 2.65 bits per heavy atom. The number of nitrogens with zero attached hydrogens (tertiary/aromatic N) is 3. The van der Waals surface area contributed by atoms with Gasteiger partial charge in [-0.15, -0.1) is 0 Å². The van der Waals surface area contributed by atoms with Crippen molar-refractivity contribution in [2.75, 3.05) is 23.7 Å². The van der Waals surface area contributed by atoms with Gasteiger partial charge in [0, 0.05) is 26.2 Å². The van der Waals surface area contributed by atoms with Crippen molar-refractivity contribution in [3.05, 3.63) is 18.3 Å². The third-order valence-electron chi connectivity index (χ3n) is 4.38. The topological polar surface area (TPSA) is 69.6 Å². The van der Waals surface area contributed by atoms with E-state index in [2.05, 4.69) is 36.4 Å². The summed E-state index contributed by atoms with van der Waals surface area (Å²) < 4.78 is 0. The SMILES string of the molecule is CC(=O)N1CCC2(CC1)Nc1cccnc1NC2=NC(C)(C)C. The molecule has 3 rings (SSSR count). The molecule has 1 aromatic rings. The Bertz CT molecular complexity index is 639. The maximum absolute atomic E-state index is 11.6. The van der Waals surface area contributed by atoms with Crippen molar-refractivity contribution in [2.45, 2.75) is 51.6 Å². The van der Waals surface area contributed by atoms with Crippen LogP contribution in [0.25, 0.3) is 0 Å². The van der Waals surface area contributed by atoms with Crippen LogP contribution in [0.4, 0.5) is 11.5 Å². The summed E-state index contributed by atoms with van der Waals surface area (Å²) in [6, 6.07) is 3.96. The minimum absolute atomic E-state index is 0.139. The molecule has 0 bridgehead atoms. The standard InChI is InChI=1S/C17H25N5O/c1-12(23)22-10-7-17(8-11-22)15(21-16(2,3)4)19-14-13(20-17)6-5-9-18-14/h5-6,9,20H,7-8,10-11H2,1-4H3,(H,18,19,21). The second-order valence-corrected chi connectivity index (χ2v) is 7.37. The minimum atomic E-state index is -0.255. The number of likely N-dealkylation sites (tertiary alicyclic amines) is 1. The third kappa shape index (κ3) is 3.16. The fraction of sp³-hybridized carbons (Fsp3) is 0.588. The van der Waals surface area contributed by atoms with Crippen molar-refractivity contribution in [1.82, 2.24) is 9.88 Å². The second-order valence-electron chi connectivity index (χ2n) is 7.37. The van der Waals surface area contributed by atoms with Crippen molar-refractivity contribution in [1.29, 1.82) is 0 Å². The van der Waals surface area contributed by atoms with E-state index in [-0.39, 0.29) is 17.0 Å². The zero-order chi connectivity index (χ0) is 16.7. The van der Waals surface area contributed by atoms with E-state index in [1.54, 1.807) is 13.1 Å². The van der Waals surface area contributed by atoms with Crippen molar-refractivity contribution in [3.63, 3.8) is 0 Å². The van der Waals surface area contributed by atoms with Crippen LogP contribution in [0.3, 0.4) is 0 Å². The van der Waals surface area contributed by atoms with Crippen LogP contribution >= 0.6 is 0 Å². The first kappa shape index (κ1) is 15.8. The molecule has 1 amide bonds. The van der Waals surface area contributed by atoms with Crippen LogP contribution in [0, 0.1) is 0 Å². The number of amidine groups is 1. The molecule has 2 N–H and O–H groups in total. The molecule has 0 saturated carbocycles. The van der Waals surface area contributed by atoms with Crippen LogP contribution in [-0.4, -0.2) is 45.8 Å². The summed E-state index contributed by atoms with van der Waals surface area (Å²) in [7, 11) is 0. The van der Waals surface area contributed by atoms with Gasteiger partial charge < -0.3 is 15.5 Å². The molecule has 0 aromatic carbocycles. The molecule has 124 valence electrons. The Kier molecular flexibility index (Phi) is 3.78. The predicted molar refractivity (Wildman–Crippen MR) is 92.9 cm³/mol. The molecular weight excluding hydrogens is 290 g/mol. The molecule has 0 radical (unpaired) electrons. The Hall–Kier alpha value is -2.11. The molecule has 2 aliphatic rings. The van der Waals surface area contributed by atoms with Gasteiger partial charge in [0.15, 0.2) is 5.82 Å². The normalized spacial score (nSPS) is 21.6. The summed E-state index contributed by atoms with van der Waals surface area (Å²) >= 11 is 0. The molecule has 1 fully saturated rings. The van der Waals surface area contributed by atoms with Gasteiger partial charge in [-0.1, -0.05) is 0 Å². The third-order valence-corrected chi connectivity index (χ3v) is 4.38. The molecule has 2 aliphatic heterocycles. The van der Waals surface area contributed by atoms with E-state index in [0.29, 0.717) is 0 Å². The van der Waals surface area contributed by atoms with Crippen LogP contribution < -0.4 is 10.6 Å². The molecule has 0 aliphatic carbocycles. The number of amides is 1. The number of fused-ring (bicyclic) bond motifs is 1. The van der Waals surface area contributed by atoms with Crippen molar-refractivity contribution >= 4 is 23.2 Å². The Morgan fingerprint density at radius 2 is 2.04 bits per heavy atom. The van der Waals surface area contributed by atoms with E-state index >= 15 is 0 Å². The highest BCUT2D eigenvalue weighted by Crippen LogP contribution is 2.36. The lowest BCUT2D eigenvalue weighted by atomic mass is 9.83. The number of rotatable bonds is 0. The van der Waals surface area contributed by atoms with Crippen molar-refractivity contribution in [3.8, 4) is 0 Å². The molecule has 6 nitrogen and oxygen atoms in total. The minimum Gasteiger partial charge on any atom is -0.370 e. The van der Waals surface area contributed by atoms with Gasteiger partial charge in [0.25, 0.3) is 0 Å². The lowest BCUT2D eigenvalue weighted by Gasteiger charge is -2.46. The van der Waals surface area contributed by atoms with E-state index in [1.807, 2.05) is 17.0 Å². The van der Waals surface area contributed by atoms with E-state index in [0.717, 1.165) is 43.3 Å². The number of hydrogen-bond acceptors (Lipinski definition) is 4. The van der Waals surface area contributed by atoms with Gasteiger partial charge in [0.05, 0.1) is 16.8 Å². The molecule has 3 heterocycles. The first-order valence-corrected chi connectivity index (χ1v) is 8.15. The highest BCUT2D eigenvalue weighted by Gasteiger charge is 2.43. The Labute approximate surface area is 137 Å². The summed E-state index contributed by atoms with van der Waals surface area (Å²) in [5.41, 5.74) is 0.563. The first-order valence-electron chi connectivity index (χ1n) is 8.15. The average molecular weight is 315 g/mol. The second kappa shape index (κ2) is 5.51. The summed E-state index contributed by atoms with van der Waals surface area (Å²) in [6.45, 7) is 9.38. The number of aliphatic imine (C=N–C) groups is 1. The number of hydrogen-bond donors (Lipinski definition) is 2. The molecular formula is C17H25N5O. The molecule has 1 aromatic heterocycles.